The first kappa shape index (κ1) is 19.3. The zero-order chi connectivity index (χ0) is 19.6. The van der Waals surface area contributed by atoms with Crippen LogP contribution in [0.4, 0.5) is 4.79 Å². The summed E-state index contributed by atoms with van der Waals surface area (Å²) in [4.78, 5) is 42.2. The first-order valence-electron chi connectivity index (χ1n) is 7.86. The number of carbonyl (C=O) groups is 2. The van der Waals surface area contributed by atoms with Gasteiger partial charge >= 0.3 is 6.03 Å². The summed E-state index contributed by atoms with van der Waals surface area (Å²) < 4.78 is 1.48. The smallest absolute Gasteiger partial charge is 0.318 e. The van der Waals surface area contributed by atoms with E-state index >= 15 is 0 Å². The number of fused-ring (bicyclic) bond motifs is 1. The molecular weight excluding hydrogens is 404 g/mol. The molecule has 0 fully saturated rings. The van der Waals surface area contributed by atoms with Crippen molar-refractivity contribution in [1.82, 2.24) is 14.9 Å². The monoisotopic (exact) mass is 420 g/mol. The number of thiophene rings is 2. The summed E-state index contributed by atoms with van der Waals surface area (Å²) in [6.07, 6.45) is 1.60. The summed E-state index contributed by atoms with van der Waals surface area (Å²) in [5, 5.41) is 6.20. The fraction of sp³-hybridized carbons (Fsp3) is 0.176. The molecule has 1 unspecified atom stereocenters. The molecule has 27 heavy (non-hydrogen) atoms. The summed E-state index contributed by atoms with van der Waals surface area (Å²) in [7, 11) is 0. The third kappa shape index (κ3) is 3.97. The topological polar surface area (TPSA) is 107 Å². The lowest BCUT2D eigenvalue weighted by Gasteiger charge is -2.14. The van der Waals surface area contributed by atoms with Gasteiger partial charge in [0.1, 0.15) is 4.83 Å². The zero-order valence-corrected chi connectivity index (χ0v) is 16.7. The Morgan fingerprint density at radius 2 is 2.26 bits per heavy atom. The largest absolute Gasteiger partial charge is 0.351 e. The summed E-state index contributed by atoms with van der Waals surface area (Å²) in [5.74, 6) is -0.544. The molecule has 3 N–H and O–H groups in total. The summed E-state index contributed by atoms with van der Waals surface area (Å²) in [6, 6.07) is 2.98. The second-order valence-electron chi connectivity index (χ2n) is 5.52. The van der Waals surface area contributed by atoms with Crippen LogP contribution in [0.3, 0.4) is 0 Å². The van der Waals surface area contributed by atoms with Crippen molar-refractivity contribution in [3.63, 3.8) is 0 Å². The Morgan fingerprint density at radius 1 is 1.48 bits per heavy atom. The summed E-state index contributed by atoms with van der Waals surface area (Å²) in [6.45, 7) is 5.57. The van der Waals surface area contributed by atoms with E-state index in [4.69, 9.17) is 5.73 Å². The van der Waals surface area contributed by atoms with Crippen LogP contribution in [0.2, 0.25) is 0 Å². The average molecular weight is 421 g/mol. The van der Waals surface area contributed by atoms with Crippen molar-refractivity contribution in [2.45, 2.75) is 23.9 Å². The number of carbonyl (C=O) groups excluding carboxylic acids is 2. The highest BCUT2D eigenvalue weighted by molar-refractivity contribution is 8.00. The number of rotatable bonds is 6. The van der Waals surface area contributed by atoms with E-state index in [9.17, 15) is 14.4 Å². The van der Waals surface area contributed by atoms with E-state index in [1.807, 2.05) is 28.2 Å². The van der Waals surface area contributed by atoms with Crippen molar-refractivity contribution >= 4 is 56.6 Å². The van der Waals surface area contributed by atoms with Gasteiger partial charge in [0.2, 0.25) is 5.91 Å². The van der Waals surface area contributed by atoms with Gasteiger partial charge in [0.25, 0.3) is 5.56 Å². The molecule has 0 bridgehead atoms. The van der Waals surface area contributed by atoms with Crippen molar-refractivity contribution in [3.05, 3.63) is 45.9 Å². The molecule has 1 atom stereocenters. The minimum Gasteiger partial charge on any atom is -0.351 e. The minimum absolute atomic E-state index is 0.186. The molecule has 3 aromatic rings. The highest BCUT2D eigenvalue weighted by atomic mass is 32.2. The molecule has 7 nitrogen and oxygen atoms in total. The van der Waals surface area contributed by atoms with Crippen LogP contribution in [0, 0.1) is 0 Å². The van der Waals surface area contributed by atoms with Crippen molar-refractivity contribution in [2.75, 3.05) is 0 Å². The fourth-order valence-corrected chi connectivity index (χ4v) is 5.15. The number of imide groups is 1. The molecule has 0 saturated heterocycles. The molecule has 140 valence electrons. The van der Waals surface area contributed by atoms with E-state index in [2.05, 4.69) is 11.6 Å². The van der Waals surface area contributed by atoms with Crippen LogP contribution < -0.4 is 16.6 Å². The van der Waals surface area contributed by atoms with Gasteiger partial charge in [0, 0.05) is 22.4 Å². The number of hydrogen-bond acceptors (Lipinski definition) is 7. The Labute approximate surface area is 166 Å². The van der Waals surface area contributed by atoms with Crippen molar-refractivity contribution in [2.24, 2.45) is 5.73 Å². The number of hydrogen-bond donors (Lipinski definition) is 2. The molecule has 3 rings (SSSR count). The first-order chi connectivity index (χ1) is 12.9. The van der Waals surface area contributed by atoms with Gasteiger partial charge < -0.3 is 5.73 Å². The van der Waals surface area contributed by atoms with Crippen LogP contribution in [0.25, 0.3) is 20.7 Å². The molecule has 0 spiro atoms. The average Bonchev–Trinajstić information content (AvgIpc) is 3.26. The molecular formula is C17H16N4O3S3. The van der Waals surface area contributed by atoms with Gasteiger partial charge in [0.15, 0.2) is 5.16 Å². The van der Waals surface area contributed by atoms with Gasteiger partial charge in [-0.3, -0.25) is 19.5 Å². The van der Waals surface area contributed by atoms with Crippen LogP contribution in [0.5, 0.6) is 0 Å². The van der Waals surface area contributed by atoms with E-state index in [0.717, 1.165) is 22.2 Å². The number of nitrogens with one attached hydrogen (secondary N) is 1. The number of aromatic nitrogens is 2. The number of allylic oxidation sites excluding steroid dienone is 1. The van der Waals surface area contributed by atoms with Crippen LogP contribution in [0.1, 0.15) is 6.92 Å². The van der Waals surface area contributed by atoms with Crippen molar-refractivity contribution < 1.29 is 9.59 Å². The molecule has 0 radical (unpaired) electrons. The molecule has 0 aliphatic rings. The Hall–Kier alpha value is -2.43. The Bertz CT molecular complexity index is 1070. The van der Waals surface area contributed by atoms with Crippen LogP contribution in [0.15, 0.2) is 45.5 Å². The number of thioether (sulfide) groups is 1. The maximum atomic E-state index is 13.1. The van der Waals surface area contributed by atoms with Crippen LogP contribution in [-0.2, 0) is 11.3 Å². The van der Waals surface area contributed by atoms with Gasteiger partial charge in [-0.25, -0.2) is 9.78 Å². The number of nitrogens with zero attached hydrogens (tertiary/aromatic N) is 2. The van der Waals surface area contributed by atoms with Gasteiger partial charge in [0.05, 0.1) is 10.6 Å². The van der Waals surface area contributed by atoms with Gasteiger partial charge in [-0.15, -0.1) is 29.3 Å². The van der Waals surface area contributed by atoms with E-state index in [-0.39, 0.29) is 12.1 Å². The predicted octanol–water partition coefficient (Wildman–Crippen LogP) is 3.05. The number of amides is 3. The second kappa shape index (κ2) is 8.07. The molecule has 0 aromatic carbocycles. The van der Waals surface area contributed by atoms with E-state index in [1.54, 1.807) is 24.3 Å². The normalized spacial score (nSPS) is 12.0. The lowest BCUT2D eigenvalue weighted by molar-refractivity contribution is -0.119. The molecule has 0 saturated carbocycles. The quantitative estimate of drug-likeness (QED) is 0.362. The van der Waals surface area contributed by atoms with E-state index in [1.165, 1.54) is 15.9 Å². The van der Waals surface area contributed by atoms with Crippen LogP contribution >= 0.6 is 34.4 Å². The van der Waals surface area contributed by atoms with Gasteiger partial charge in [-0.1, -0.05) is 23.9 Å². The number of nitrogens with two attached hydrogens (primary N) is 1. The Kier molecular flexibility index (Phi) is 5.78. The van der Waals surface area contributed by atoms with E-state index < -0.39 is 17.2 Å². The van der Waals surface area contributed by atoms with Crippen molar-refractivity contribution in [1.29, 1.82) is 0 Å². The maximum Gasteiger partial charge on any atom is 0.318 e. The molecule has 3 amide bonds. The first-order valence-corrected chi connectivity index (χ1v) is 10.5. The third-order valence-corrected chi connectivity index (χ3v) is 6.52. The van der Waals surface area contributed by atoms with E-state index in [0.29, 0.717) is 15.4 Å². The lowest BCUT2D eigenvalue weighted by Crippen LogP contribution is -2.39. The maximum absolute atomic E-state index is 13.1. The lowest BCUT2D eigenvalue weighted by atomic mass is 10.2. The minimum atomic E-state index is -0.918. The predicted molar refractivity (Wildman–Crippen MR) is 110 cm³/mol. The highest BCUT2D eigenvalue weighted by Gasteiger charge is 2.22. The molecule has 0 aliphatic carbocycles. The SMILES string of the molecule is C=CCn1c(SC(C)C(=O)NC(N)=O)nc2scc(-c3cccs3)c2c1=O. The van der Waals surface area contributed by atoms with Crippen LogP contribution in [-0.4, -0.2) is 26.7 Å². The highest BCUT2D eigenvalue weighted by Crippen LogP contribution is 2.35. The summed E-state index contributed by atoms with van der Waals surface area (Å²) in [5.41, 5.74) is 5.66. The van der Waals surface area contributed by atoms with Crippen molar-refractivity contribution in [3.8, 4) is 10.4 Å². The molecule has 10 heteroatoms. The number of primary amides is 1. The third-order valence-electron chi connectivity index (χ3n) is 3.65. The standard InChI is InChI=1S/C17H16N4O3S3/c1-3-6-21-15(23)12-10(11-5-4-7-25-11)8-26-14(12)20-17(21)27-9(2)13(22)19-16(18)24/h3-5,7-9H,1,6H2,2H3,(H3,18,19,22,24). The zero-order valence-electron chi connectivity index (χ0n) is 14.3. The Balaban J connectivity index is 2.07. The molecule has 3 aromatic heterocycles. The summed E-state index contributed by atoms with van der Waals surface area (Å²) >= 11 is 4.03. The second-order valence-corrected chi connectivity index (χ2v) is 8.63. The number of urea groups is 1. The van der Waals surface area contributed by atoms with Gasteiger partial charge in [-0.2, -0.15) is 0 Å². The van der Waals surface area contributed by atoms with Gasteiger partial charge in [-0.05, 0) is 18.4 Å². The molecule has 0 aliphatic heterocycles. The molecule has 3 heterocycles. The Morgan fingerprint density at radius 3 is 2.89 bits per heavy atom. The fourth-order valence-electron chi connectivity index (χ4n) is 2.43.